The maximum absolute atomic E-state index is 12.7. The molecule has 0 unspecified atom stereocenters. The van der Waals surface area contributed by atoms with Crippen molar-refractivity contribution in [3.05, 3.63) is 72.4 Å². The summed E-state index contributed by atoms with van der Waals surface area (Å²) in [6.45, 7) is 1.20. The van der Waals surface area contributed by atoms with Gasteiger partial charge in [0.1, 0.15) is 0 Å². The van der Waals surface area contributed by atoms with Crippen LogP contribution in [0.2, 0.25) is 0 Å². The van der Waals surface area contributed by atoms with Crippen LogP contribution in [-0.4, -0.2) is 34.8 Å². The number of carbonyl (C=O) groups excluding carboxylic acids is 2. The summed E-state index contributed by atoms with van der Waals surface area (Å²) in [6, 6.07) is 17.6. The summed E-state index contributed by atoms with van der Waals surface area (Å²) < 4.78 is 0. The minimum atomic E-state index is -0.0728. The fourth-order valence-electron chi connectivity index (χ4n) is 3.63. The van der Waals surface area contributed by atoms with Gasteiger partial charge in [-0.25, -0.2) is 0 Å². The molecule has 5 heteroatoms. The van der Waals surface area contributed by atoms with Gasteiger partial charge in [-0.15, -0.1) is 0 Å². The number of nitrogens with zero attached hydrogens (tertiary/aromatic N) is 1. The van der Waals surface area contributed by atoms with E-state index in [1.165, 1.54) is 0 Å². The van der Waals surface area contributed by atoms with Crippen molar-refractivity contribution in [2.24, 2.45) is 5.92 Å². The highest BCUT2D eigenvalue weighted by atomic mass is 16.2. The molecular weight excluding hydrogens is 350 g/mol. The van der Waals surface area contributed by atoms with Gasteiger partial charge < -0.3 is 15.2 Å². The van der Waals surface area contributed by atoms with Gasteiger partial charge in [-0.05, 0) is 42.7 Å². The van der Waals surface area contributed by atoms with E-state index < -0.39 is 0 Å². The Bertz CT molecular complexity index is 999. The van der Waals surface area contributed by atoms with Gasteiger partial charge >= 0.3 is 0 Å². The second-order valence-corrected chi connectivity index (χ2v) is 7.08. The number of aromatic nitrogens is 1. The van der Waals surface area contributed by atoms with E-state index in [-0.39, 0.29) is 17.7 Å². The number of rotatable bonds is 4. The molecule has 3 aromatic rings. The number of fused-ring (bicyclic) bond motifs is 1. The van der Waals surface area contributed by atoms with Crippen molar-refractivity contribution in [1.29, 1.82) is 0 Å². The minimum absolute atomic E-state index is 0.000184. The van der Waals surface area contributed by atoms with E-state index in [0.717, 1.165) is 22.2 Å². The predicted octanol–water partition coefficient (Wildman–Crippen LogP) is 4.06. The summed E-state index contributed by atoms with van der Waals surface area (Å²) in [4.78, 5) is 30.0. The second kappa shape index (κ2) is 8.13. The Kier molecular flexibility index (Phi) is 5.24. The van der Waals surface area contributed by atoms with Crippen LogP contribution in [0, 0.1) is 5.92 Å². The van der Waals surface area contributed by atoms with Crippen molar-refractivity contribution in [1.82, 2.24) is 9.88 Å². The van der Waals surface area contributed by atoms with Crippen LogP contribution in [0.5, 0.6) is 0 Å². The third-order valence-corrected chi connectivity index (χ3v) is 5.25. The van der Waals surface area contributed by atoms with E-state index in [9.17, 15) is 9.59 Å². The molecule has 1 aromatic heterocycles. The summed E-state index contributed by atoms with van der Waals surface area (Å²) in [5, 5.41) is 4.06. The summed E-state index contributed by atoms with van der Waals surface area (Å²) in [5.41, 5.74) is 2.83. The fraction of sp³-hybridized carbons (Fsp3) is 0.217. The van der Waals surface area contributed by atoms with Crippen molar-refractivity contribution in [3.8, 4) is 0 Å². The van der Waals surface area contributed by atoms with Gasteiger partial charge in [0.15, 0.2) is 0 Å². The van der Waals surface area contributed by atoms with Crippen LogP contribution in [0.1, 0.15) is 18.4 Å². The van der Waals surface area contributed by atoms with Crippen LogP contribution in [0.4, 0.5) is 5.69 Å². The van der Waals surface area contributed by atoms with Gasteiger partial charge in [0.05, 0.1) is 5.69 Å². The average molecular weight is 373 g/mol. The zero-order valence-electron chi connectivity index (χ0n) is 15.6. The molecule has 0 bridgehead atoms. The summed E-state index contributed by atoms with van der Waals surface area (Å²) >= 11 is 0. The number of H-pyrrole nitrogens is 1. The molecule has 2 heterocycles. The molecule has 0 saturated carbocycles. The molecule has 1 saturated heterocycles. The van der Waals surface area contributed by atoms with Gasteiger partial charge in [-0.2, -0.15) is 0 Å². The van der Waals surface area contributed by atoms with Gasteiger partial charge in [0, 0.05) is 42.2 Å². The average Bonchev–Trinajstić information content (AvgIpc) is 3.23. The SMILES string of the molecule is O=C(Nc1cccc2[nH]ccc12)C1CCN(C(=O)/C=C/c2ccccc2)CC1. The van der Waals surface area contributed by atoms with E-state index in [0.29, 0.717) is 25.9 Å². The standard InChI is InChI=1S/C23H23N3O2/c27-22(10-9-17-5-2-1-3-6-17)26-15-12-18(13-16-26)23(28)25-21-8-4-7-20-19(21)11-14-24-20/h1-11,14,18,24H,12-13,15-16H2,(H,25,28)/b10-9+. The third kappa shape index (κ3) is 3.98. The Morgan fingerprint density at radius 3 is 2.57 bits per heavy atom. The predicted molar refractivity (Wildman–Crippen MR) is 112 cm³/mol. The van der Waals surface area contributed by atoms with Crippen LogP contribution in [-0.2, 0) is 9.59 Å². The number of carbonyl (C=O) groups is 2. The molecule has 2 N–H and O–H groups in total. The minimum Gasteiger partial charge on any atom is -0.361 e. The van der Waals surface area contributed by atoms with E-state index in [1.807, 2.05) is 71.8 Å². The smallest absolute Gasteiger partial charge is 0.246 e. The molecule has 0 atom stereocenters. The number of amides is 2. The van der Waals surface area contributed by atoms with Crippen LogP contribution >= 0.6 is 0 Å². The number of aromatic amines is 1. The monoisotopic (exact) mass is 373 g/mol. The highest BCUT2D eigenvalue weighted by Crippen LogP contribution is 2.25. The molecule has 142 valence electrons. The second-order valence-electron chi connectivity index (χ2n) is 7.08. The summed E-state index contributed by atoms with van der Waals surface area (Å²) in [7, 11) is 0. The molecule has 0 aliphatic carbocycles. The first kappa shape index (κ1) is 18.0. The maximum Gasteiger partial charge on any atom is 0.246 e. The number of likely N-dealkylation sites (tertiary alicyclic amines) is 1. The number of piperidine rings is 1. The number of benzene rings is 2. The van der Waals surface area contributed by atoms with Gasteiger partial charge in [-0.1, -0.05) is 36.4 Å². The van der Waals surface area contributed by atoms with E-state index >= 15 is 0 Å². The van der Waals surface area contributed by atoms with Gasteiger partial charge in [0.25, 0.3) is 0 Å². The lowest BCUT2D eigenvalue weighted by atomic mass is 9.95. The molecule has 1 fully saturated rings. The topological polar surface area (TPSA) is 65.2 Å². The van der Waals surface area contributed by atoms with Crippen molar-refractivity contribution in [2.45, 2.75) is 12.8 Å². The largest absolute Gasteiger partial charge is 0.361 e. The molecular formula is C23H23N3O2. The van der Waals surface area contributed by atoms with Crippen molar-refractivity contribution >= 4 is 34.5 Å². The van der Waals surface area contributed by atoms with Crippen LogP contribution < -0.4 is 5.32 Å². The molecule has 1 aliphatic rings. The lowest BCUT2D eigenvalue weighted by Gasteiger charge is -2.30. The Morgan fingerprint density at radius 1 is 1.00 bits per heavy atom. The Hall–Kier alpha value is -3.34. The maximum atomic E-state index is 12.7. The van der Waals surface area contributed by atoms with Crippen LogP contribution in [0.3, 0.4) is 0 Å². The number of hydrogen-bond donors (Lipinski definition) is 2. The molecule has 5 nitrogen and oxygen atoms in total. The first-order valence-corrected chi connectivity index (χ1v) is 9.60. The quantitative estimate of drug-likeness (QED) is 0.678. The number of hydrogen-bond acceptors (Lipinski definition) is 2. The van der Waals surface area contributed by atoms with Crippen LogP contribution in [0.15, 0.2) is 66.9 Å². The van der Waals surface area contributed by atoms with Gasteiger partial charge in [-0.3, -0.25) is 9.59 Å². The molecule has 28 heavy (non-hydrogen) atoms. The van der Waals surface area contributed by atoms with Crippen molar-refractivity contribution < 1.29 is 9.59 Å². The Labute approximate surface area is 164 Å². The third-order valence-electron chi connectivity index (χ3n) is 5.25. The highest BCUT2D eigenvalue weighted by molar-refractivity contribution is 6.02. The van der Waals surface area contributed by atoms with Crippen molar-refractivity contribution in [2.75, 3.05) is 18.4 Å². The normalized spacial score (nSPS) is 15.2. The first-order chi connectivity index (χ1) is 13.7. The van der Waals surface area contributed by atoms with E-state index in [1.54, 1.807) is 6.08 Å². The first-order valence-electron chi connectivity index (χ1n) is 9.60. The number of anilines is 1. The zero-order valence-corrected chi connectivity index (χ0v) is 15.6. The van der Waals surface area contributed by atoms with E-state index in [4.69, 9.17) is 0 Å². The fourth-order valence-corrected chi connectivity index (χ4v) is 3.63. The Morgan fingerprint density at radius 2 is 1.79 bits per heavy atom. The zero-order chi connectivity index (χ0) is 19.3. The van der Waals surface area contributed by atoms with Crippen LogP contribution in [0.25, 0.3) is 17.0 Å². The van der Waals surface area contributed by atoms with Crippen molar-refractivity contribution in [3.63, 3.8) is 0 Å². The Balaban J connectivity index is 1.32. The lowest BCUT2D eigenvalue weighted by molar-refractivity contribution is -0.130. The van der Waals surface area contributed by atoms with Gasteiger partial charge in [0.2, 0.25) is 11.8 Å². The molecule has 0 spiro atoms. The molecule has 4 rings (SSSR count). The number of nitrogens with one attached hydrogen (secondary N) is 2. The van der Waals surface area contributed by atoms with E-state index in [2.05, 4.69) is 10.3 Å². The summed E-state index contributed by atoms with van der Waals surface area (Å²) in [5.74, 6) is -0.0446. The molecule has 1 aliphatic heterocycles. The lowest BCUT2D eigenvalue weighted by Crippen LogP contribution is -2.40. The molecule has 0 radical (unpaired) electrons. The molecule has 2 aromatic carbocycles. The summed E-state index contributed by atoms with van der Waals surface area (Å²) in [6.07, 6.45) is 6.67. The highest BCUT2D eigenvalue weighted by Gasteiger charge is 2.26. The molecule has 2 amide bonds.